The zero-order chi connectivity index (χ0) is 25.1. The van der Waals surface area contributed by atoms with Crippen molar-refractivity contribution in [3.05, 3.63) is 98.9 Å². The van der Waals surface area contributed by atoms with E-state index in [9.17, 15) is 4.79 Å². The number of rotatable bonds is 6. The average molecular weight is 497 g/mol. The van der Waals surface area contributed by atoms with Gasteiger partial charge in [0.2, 0.25) is 0 Å². The van der Waals surface area contributed by atoms with Crippen molar-refractivity contribution in [3.8, 4) is 11.4 Å². The summed E-state index contributed by atoms with van der Waals surface area (Å²) in [5.74, 6) is 1.90. The monoisotopic (exact) mass is 496 g/mol. The fourth-order valence-electron chi connectivity index (χ4n) is 4.83. The highest BCUT2D eigenvalue weighted by molar-refractivity contribution is 7.12. The van der Waals surface area contributed by atoms with E-state index >= 15 is 0 Å². The van der Waals surface area contributed by atoms with Gasteiger partial charge in [-0.1, -0.05) is 67.1 Å². The molecule has 5 rings (SSSR count). The van der Waals surface area contributed by atoms with Gasteiger partial charge in [0.05, 0.1) is 4.88 Å². The highest BCUT2D eigenvalue weighted by Crippen LogP contribution is 2.30. The number of hydrogen-bond acceptors (Lipinski definition) is 5. The number of anilines is 1. The maximum atomic E-state index is 12.9. The lowest BCUT2D eigenvalue weighted by atomic mass is 9.96. The van der Waals surface area contributed by atoms with Crippen molar-refractivity contribution in [1.29, 1.82) is 0 Å². The van der Waals surface area contributed by atoms with Crippen LogP contribution in [0, 0.1) is 13.8 Å². The first-order valence-corrected chi connectivity index (χ1v) is 13.5. The standard InChI is InChI=1S/C30H32N4OS/c1-4-26-25(20-24-19-21(2)12-13-22(24)3)29(32-28(31-26)23-9-6-5-7-10-23)33-14-16-34(17-15-33)30(35)27-11-8-18-36-27/h5-13,18-19H,4,14-17,20H2,1-3H3. The summed E-state index contributed by atoms with van der Waals surface area (Å²) in [7, 11) is 0. The van der Waals surface area contributed by atoms with E-state index in [1.54, 1.807) is 0 Å². The molecular formula is C30H32N4OS. The van der Waals surface area contributed by atoms with Crippen molar-refractivity contribution in [3.63, 3.8) is 0 Å². The lowest BCUT2D eigenvalue weighted by Crippen LogP contribution is -2.49. The Kier molecular flexibility index (Phi) is 7.14. The summed E-state index contributed by atoms with van der Waals surface area (Å²) in [6.07, 6.45) is 1.64. The Morgan fingerprint density at radius 2 is 1.72 bits per heavy atom. The Labute approximate surface area is 217 Å². The molecule has 2 aromatic carbocycles. The van der Waals surface area contributed by atoms with Crippen LogP contribution in [0.25, 0.3) is 11.4 Å². The first-order chi connectivity index (χ1) is 17.5. The lowest BCUT2D eigenvalue weighted by molar-refractivity contribution is 0.0751. The van der Waals surface area contributed by atoms with Crippen LogP contribution in [0.1, 0.15) is 44.5 Å². The smallest absolute Gasteiger partial charge is 0.264 e. The number of thiophene rings is 1. The SMILES string of the molecule is CCc1nc(-c2ccccc2)nc(N2CCN(C(=O)c3cccs3)CC2)c1Cc1cc(C)ccc1C. The second-order valence-corrected chi connectivity index (χ2v) is 10.3. The van der Waals surface area contributed by atoms with Crippen LogP contribution < -0.4 is 4.90 Å². The van der Waals surface area contributed by atoms with Crippen molar-refractivity contribution < 1.29 is 4.79 Å². The summed E-state index contributed by atoms with van der Waals surface area (Å²) >= 11 is 1.51. The van der Waals surface area contributed by atoms with Gasteiger partial charge in [-0.3, -0.25) is 4.79 Å². The number of nitrogens with zero attached hydrogens (tertiary/aromatic N) is 4. The average Bonchev–Trinajstić information content (AvgIpc) is 3.46. The molecule has 0 N–H and O–H groups in total. The third-order valence-electron chi connectivity index (χ3n) is 6.91. The van der Waals surface area contributed by atoms with Crippen LogP contribution >= 0.6 is 11.3 Å². The molecule has 0 atom stereocenters. The number of amides is 1. The van der Waals surface area contributed by atoms with Gasteiger partial charge < -0.3 is 9.80 Å². The normalized spacial score (nSPS) is 13.8. The highest BCUT2D eigenvalue weighted by Gasteiger charge is 2.27. The fourth-order valence-corrected chi connectivity index (χ4v) is 5.52. The third-order valence-corrected chi connectivity index (χ3v) is 7.77. The molecule has 0 aliphatic carbocycles. The van der Waals surface area contributed by atoms with Gasteiger partial charge in [0.25, 0.3) is 5.91 Å². The number of hydrogen-bond donors (Lipinski definition) is 0. The summed E-state index contributed by atoms with van der Waals surface area (Å²) in [4.78, 5) is 28.2. The molecule has 4 aromatic rings. The molecular weight excluding hydrogens is 464 g/mol. The first-order valence-electron chi connectivity index (χ1n) is 12.6. The maximum Gasteiger partial charge on any atom is 0.264 e. The van der Waals surface area contributed by atoms with Gasteiger partial charge >= 0.3 is 0 Å². The van der Waals surface area contributed by atoms with Gasteiger partial charge in [0.1, 0.15) is 5.82 Å². The molecule has 0 saturated carbocycles. The Hall–Kier alpha value is -3.51. The quantitative estimate of drug-likeness (QED) is 0.332. The van der Waals surface area contributed by atoms with Crippen LogP contribution in [0.4, 0.5) is 5.82 Å². The van der Waals surface area contributed by atoms with Crippen molar-refractivity contribution >= 4 is 23.1 Å². The summed E-state index contributed by atoms with van der Waals surface area (Å²) in [5.41, 5.74) is 7.18. The molecule has 0 spiro atoms. The Morgan fingerprint density at radius 1 is 0.944 bits per heavy atom. The number of carbonyl (C=O) groups excluding carboxylic acids is 1. The van der Waals surface area contributed by atoms with E-state index < -0.39 is 0 Å². The van der Waals surface area contributed by atoms with Crippen molar-refractivity contribution in [2.45, 2.75) is 33.6 Å². The number of carbonyl (C=O) groups is 1. The molecule has 5 nitrogen and oxygen atoms in total. The van der Waals surface area contributed by atoms with Gasteiger partial charge in [-0.15, -0.1) is 11.3 Å². The van der Waals surface area contributed by atoms with E-state index in [1.807, 2.05) is 40.6 Å². The van der Waals surface area contributed by atoms with E-state index in [-0.39, 0.29) is 5.91 Å². The molecule has 1 saturated heterocycles. The van der Waals surface area contributed by atoms with Crippen LogP contribution in [0.15, 0.2) is 66.0 Å². The van der Waals surface area contributed by atoms with E-state index in [0.717, 1.165) is 53.7 Å². The zero-order valence-electron chi connectivity index (χ0n) is 21.2. The molecule has 6 heteroatoms. The second kappa shape index (κ2) is 10.6. The number of aryl methyl sites for hydroxylation is 3. The van der Waals surface area contributed by atoms with E-state index in [4.69, 9.17) is 9.97 Å². The van der Waals surface area contributed by atoms with Gasteiger partial charge in [-0.05, 0) is 42.8 Å². The fraction of sp³-hybridized carbons (Fsp3) is 0.300. The number of benzene rings is 2. The van der Waals surface area contributed by atoms with Crippen LogP contribution in [-0.4, -0.2) is 47.0 Å². The molecule has 184 valence electrons. The third kappa shape index (κ3) is 5.05. The Balaban J connectivity index is 1.51. The summed E-state index contributed by atoms with van der Waals surface area (Å²) < 4.78 is 0. The van der Waals surface area contributed by atoms with Crippen molar-refractivity contribution in [2.75, 3.05) is 31.1 Å². The molecule has 36 heavy (non-hydrogen) atoms. The van der Waals surface area contributed by atoms with Crippen LogP contribution in [-0.2, 0) is 12.8 Å². The predicted molar refractivity (Wildman–Crippen MR) is 148 cm³/mol. The molecule has 2 aromatic heterocycles. The van der Waals surface area contributed by atoms with Crippen LogP contribution in [0.5, 0.6) is 0 Å². The summed E-state index contributed by atoms with van der Waals surface area (Å²) in [6.45, 7) is 9.37. The zero-order valence-corrected chi connectivity index (χ0v) is 22.0. The van der Waals surface area contributed by atoms with E-state index in [1.165, 1.54) is 33.6 Å². The van der Waals surface area contributed by atoms with Gasteiger partial charge in [0.15, 0.2) is 5.82 Å². The van der Waals surface area contributed by atoms with E-state index in [0.29, 0.717) is 13.1 Å². The number of aromatic nitrogens is 2. The molecule has 1 aliphatic heterocycles. The van der Waals surface area contributed by atoms with Gasteiger partial charge in [-0.25, -0.2) is 9.97 Å². The Morgan fingerprint density at radius 3 is 2.42 bits per heavy atom. The molecule has 0 radical (unpaired) electrons. The van der Waals surface area contributed by atoms with Crippen molar-refractivity contribution in [2.24, 2.45) is 0 Å². The second-order valence-electron chi connectivity index (χ2n) is 9.38. The van der Waals surface area contributed by atoms with Gasteiger partial charge in [-0.2, -0.15) is 0 Å². The topological polar surface area (TPSA) is 49.3 Å². The highest BCUT2D eigenvalue weighted by atomic mass is 32.1. The summed E-state index contributed by atoms with van der Waals surface area (Å²) in [5, 5.41) is 1.96. The van der Waals surface area contributed by atoms with Gasteiger partial charge in [0, 0.05) is 49.4 Å². The van der Waals surface area contributed by atoms with Crippen LogP contribution in [0.3, 0.4) is 0 Å². The minimum atomic E-state index is 0.127. The minimum Gasteiger partial charge on any atom is -0.353 e. The first kappa shape index (κ1) is 24.2. The number of piperazine rings is 1. The molecule has 3 heterocycles. The van der Waals surface area contributed by atoms with E-state index in [2.05, 4.69) is 56.0 Å². The molecule has 0 unspecified atom stereocenters. The summed E-state index contributed by atoms with van der Waals surface area (Å²) in [6, 6.07) is 20.7. The molecule has 0 bridgehead atoms. The molecule has 1 aliphatic rings. The minimum absolute atomic E-state index is 0.127. The predicted octanol–water partition coefficient (Wildman–Crippen LogP) is 5.94. The van der Waals surface area contributed by atoms with Crippen molar-refractivity contribution in [1.82, 2.24) is 14.9 Å². The maximum absolute atomic E-state index is 12.9. The largest absolute Gasteiger partial charge is 0.353 e. The lowest BCUT2D eigenvalue weighted by Gasteiger charge is -2.36. The Bertz CT molecular complexity index is 1340. The molecule has 1 amide bonds. The van der Waals surface area contributed by atoms with Crippen LogP contribution in [0.2, 0.25) is 0 Å². The molecule has 1 fully saturated rings.